The number of rotatable bonds is 4. The van der Waals surface area contributed by atoms with Crippen molar-refractivity contribution in [2.75, 3.05) is 19.6 Å². The highest BCUT2D eigenvalue weighted by molar-refractivity contribution is 7.09. The predicted octanol–water partition coefficient (Wildman–Crippen LogP) is 0.923. The summed E-state index contributed by atoms with van der Waals surface area (Å²) in [6.07, 6.45) is 6.17. The standard InChI is InChI=1S/C15H23N3O2S/c19-14(12-18-8-4-2-1-3-5-9-18)17-15(20)16-11-13-7-6-10-21-13/h6-7,10H,1-5,8-9,11-12H2,(H2,16,17,19,20)/p+1. The molecule has 21 heavy (non-hydrogen) atoms. The number of imide groups is 1. The highest BCUT2D eigenvalue weighted by Gasteiger charge is 2.17. The predicted molar refractivity (Wildman–Crippen MR) is 83.3 cm³/mol. The first kappa shape index (κ1) is 16.0. The molecule has 1 aliphatic rings. The van der Waals surface area contributed by atoms with E-state index in [-0.39, 0.29) is 5.91 Å². The molecule has 0 aliphatic carbocycles. The molecule has 3 N–H and O–H groups in total. The minimum absolute atomic E-state index is 0.186. The Morgan fingerprint density at radius 3 is 2.52 bits per heavy atom. The number of amides is 3. The highest BCUT2D eigenvalue weighted by Crippen LogP contribution is 2.07. The zero-order chi connectivity index (χ0) is 14.9. The van der Waals surface area contributed by atoms with Crippen LogP contribution in [0, 0.1) is 0 Å². The van der Waals surface area contributed by atoms with Crippen LogP contribution < -0.4 is 15.5 Å². The molecule has 1 saturated heterocycles. The molecule has 1 fully saturated rings. The normalized spacial score (nSPS) is 16.8. The van der Waals surface area contributed by atoms with Gasteiger partial charge in [0.25, 0.3) is 5.91 Å². The smallest absolute Gasteiger partial charge is 0.321 e. The van der Waals surface area contributed by atoms with Gasteiger partial charge in [-0.3, -0.25) is 10.1 Å². The van der Waals surface area contributed by atoms with Crippen LogP contribution in [0.3, 0.4) is 0 Å². The van der Waals surface area contributed by atoms with Crippen molar-refractivity contribution in [1.29, 1.82) is 0 Å². The Kier molecular flexibility index (Phi) is 6.69. The average molecular weight is 310 g/mol. The highest BCUT2D eigenvalue weighted by atomic mass is 32.1. The van der Waals surface area contributed by atoms with Gasteiger partial charge in [0.15, 0.2) is 6.54 Å². The molecule has 116 valence electrons. The molecule has 0 spiro atoms. The van der Waals surface area contributed by atoms with E-state index in [1.165, 1.54) is 37.0 Å². The quantitative estimate of drug-likeness (QED) is 0.774. The summed E-state index contributed by atoms with van der Waals surface area (Å²) in [5.74, 6) is -0.186. The van der Waals surface area contributed by atoms with Crippen LogP contribution in [0.1, 0.15) is 37.0 Å². The molecule has 2 heterocycles. The van der Waals surface area contributed by atoms with Crippen molar-refractivity contribution in [3.05, 3.63) is 22.4 Å². The molecule has 0 unspecified atom stereocenters. The van der Waals surface area contributed by atoms with Crippen LogP contribution in [0.2, 0.25) is 0 Å². The largest absolute Gasteiger partial charge is 0.333 e. The maximum atomic E-state index is 11.9. The average Bonchev–Trinajstić information content (AvgIpc) is 2.92. The molecule has 1 aliphatic heterocycles. The lowest BCUT2D eigenvalue weighted by molar-refractivity contribution is -0.893. The third-order valence-corrected chi connectivity index (χ3v) is 4.60. The third-order valence-electron chi connectivity index (χ3n) is 3.73. The molecule has 1 aromatic rings. The number of quaternary nitrogens is 1. The van der Waals surface area contributed by atoms with Crippen molar-refractivity contribution in [2.24, 2.45) is 0 Å². The van der Waals surface area contributed by atoms with E-state index in [0.717, 1.165) is 18.0 Å². The SMILES string of the molecule is O=C(C[NH+]1CCCCCCC1)NC(=O)NCc1cccs1. The van der Waals surface area contributed by atoms with E-state index in [1.54, 1.807) is 11.3 Å². The Hall–Kier alpha value is -1.40. The Morgan fingerprint density at radius 2 is 1.86 bits per heavy atom. The molecular formula is C15H24N3O2S+. The molecule has 3 amide bonds. The molecule has 0 saturated carbocycles. The van der Waals surface area contributed by atoms with Crippen molar-refractivity contribution < 1.29 is 14.5 Å². The molecule has 2 rings (SSSR count). The minimum Gasteiger partial charge on any atom is -0.333 e. The molecule has 0 bridgehead atoms. The van der Waals surface area contributed by atoms with Gasteiger partial charge in [0.1, 0.15) is 0 Å². The fraction of sp³-hybridized carbons (Fsp3) is 0.600. The van der Waals surface area contributed by atoms with Crippen molar-refractivity contribution in [3.8, 4) is 0 Å². The number of nitrogens with one attached hydrogen (secondary N) is 3. The first-order valence-corrected chi connectivity index (χ1v) is 8.55. The molecule has 0 radical (unpaired) electrons. The Labute approximate surface area is 129 Å². The molecule has 0 atom stereocenters. The van der Waals surface area contributed by atoms with E-state index < -0.39 is 6.03 Å². The number of carbonyl (C=O) groups excluding carboxylic acids is 2. The van der Waals surface area contributed by atoms with E-state index in [9.17, 15) is 9.59 Å². The minimum atomic E-state index is -0.403. The third kappa shape index (κ3) is 6.27. The summed E-state index contributed by atoms with van der Waals surface area (Å²) in [6, 6.07) is 3.49. The summed E-state index contributed by atoms with van der Waals surface area (Å²) in [4.78, 5) is 25.9. The van der Waals surface area contributed by atoms with Crippen LogP contribution in [0.4, 0.5) is 4.79 Å². The van der Waals surface area contributed by atoms with E-state index in [1.807, 2.05) is 17.5 Å². The molecular weight excluding hydrogens is 286 g/mol. The molecule has 0 aromatic carbocycles. The van der Waals surface area contributed by atoms with Crippen molar-refractivity contribution >= 4 is 23.3 Å². The monoisotopic (exact) mass is 310 g/mol. The number of thiophene rings is 1. The lowest BCUT2D eigenvalue weighted by Gasteiger charge is -2.21. The maximum absolute atomic E-state index is 11.9. The second-order valence-corrected chi connectivity index (χ2v) is 6.54. The number of hydrogen-bond donors (Lipinski definition) is 3. The van der Waals surface area contributed by atoms with E-state index >= 15 is 0 Å². The van der Waals surface area contributed by atoms with E-state index in [4.69, 9.17) is 0 Å². The van der Waals surface area contributed by atoms with Crippen LogP contribution in [-0.2, 0) is 11.3 Å². The maximum Gasteiger partial charge on any atom is 0.321 e. The van der Waals surface area contributed by atoms with Crippen molar-refractivity contribution in [2.45, 2.75) is 38.6 Å². The number of likely N-dealkylation sites (tertiary alicyclic amines) is 1. The molecule has 6 heteroatoms. The summed E-state index contributed by atoms with van der Waals surface area (Å²) in [6.45, 7) is 2.92. The number of urea groups is 1. The first-order chi connectivity index (χ1) is 10.2. The Balaban J connectivity index is 1.66. The fourth-order valence-corrected chi connectivity index (χ4v) is 3.25. The molecule has 1 aromatic heterocycles. The van der Waals surface area contributed by atoms with Crippen LogP contribution in [0.15, 0.2) is 17.5 Å². The lowest BCUT2D eigenvalue weighted by Crippen LogP contribution is -3.13. The summed E-state index contributed by atoms with van der Waals surface area (Å²) in [7, 11) is 0. The van der Waals surface area contributed by atoms with Gasteiger partial charge < -0.3 is 10.2 Å². The Morgan fingerprint density at radius 1 is 1.14 bits per heavy atom. The van der Waals surface area contributed by atoms with E-state index in [0.29, 0.717) is 13.1 Å². The van der Waals surface area contributed by atoms with Gasteiger partial charge in [0.2, 0.25) is 0 Å². The van der Waals surface area contributed by atoms with Crippen LogP contribution in [0.5, 0.6) is 0 Å². The fourth-order valence-electron chi connectivity index (χ4n) is 2.60. The second-order valence-electron chi connectivity index (χ2n) is 5.50. The topological polar surface area (TPSA) is 62.6 Å². The van der Waals surface area contributed by atoms with Gasteiger partial charge >= 0.3 is 6.03 Å². The second kappa shape index (κ2) is 8.79. The zero-order valence-corrected chi connectivity index (χ0v) is 13.1. The zero-order valence-electron chi connectivity index (χ0n) is 12.3. The van der Waals surface area contributed by atoms with Crippen LogP contribution >= 0.6 is 11.3 Å². The van der Waals surface area contributed by atoms with Gasteiger partial charge in [-0.1, -0.05) is 12.5 Å². The first-order valence-electron chi connectivity index (χ1n) is 7.67. The van der Waals surface area contributed by atoms with Crippen LogP contribution in [0.25, 0.3) is 0 Å². The Bertz CT molecular complexity index is 440. The number of carbonyl (C=O) groups is 2. The summed E-state index contributed by atoms with van der Waals surface area (Å²) < 4.78 is 0. The van der Waals surface area contributed by atoms with Gasteiger partial charge in [-0.2, -0.15) is 0 Å². The lowest BCUT2D eigenvalue weighted by atomic mass is 10.1. The van der Waals surface area contributed by atoms with Crippen LogP contribution in [-0.4, -0.2) is 31.6 Å². The van der Waals surface area contributed by atoms with E-state index in [2.05, 4.69) is 10.6 Å². The van der Waals surface area contributed by atoms with Gasteiger partial charge in [-0.25, -0.2) is 4.79 Å². The van der Waals surface area contributed by atoms with Gasteiger partial charge in [0, 0.05) is 4.88 Å². The van der Waals surface area contributed by atoms with Gasteiger partial charge in [-0.05, 0) is 37.1 Å². The molecule has 5 nitrogen and oxygen atoms in total. The van der Waals surface area contributed by atoms with Crippen molar-refractivity contribution in [3.63, 3.8) is 0 Å². The van der Waals surface area contributed by atoms with Gasteiger partial charge in [-0.15, -0.1) is 11.3 Å². The van der Waals surface area contributed by atoms with Crippen molar-refractivity contribution in [1.82, 2.24) is 10.6 Å². The summed E-state index contributed by atoms with van der Waals surface area (Å²) >= 11 is 1.59. The number of hydrogen-bond acceptors (Lipinski definition) is 3. The van der Waals surface area contributed by atoms with Gasteiger partial charge in [0.05, 0.1) is 19.6 Å². The summed E-state index contributed by atoms with van der Waals surface area (Å²) in [5.41, 5.74) is 0. The summed E-state index contributed by atoms with van der Waals surface area (Å²) in [5, 5.41) is 7.09.